The molecule has 0 radical (unpaired) electrons. The van der Waals surface area contributed by atoms with Gasteiger partial charge in [0.15, 0.2) is 5.96 Å². The molecular weight excluding hydrogens is 393 g/mol. The van der Waals surface area contributed by atoms with Gasteiger partial charge in [0.05, 0.1) is 6.61 Å². The molecule has 0 bridgehead atoms. The molecule has 0 aliphatic heterocycles. The van der Waals surface area contributed by atoms with E-state index < -0.39 is 0 Å². The Balaban J connectivity index is 0. The van der Waals surface area contributed by atoms with Crippen LogP contribution in [0.25, 0.3) is 0 Å². The minimum atomic E-state index is 0. The maximum absolute atomic E-state index is 5.55. The van der Waals surface area contributed by atoms with E-state index >= 15 is 0 Å². The summed E-state index contributed by atoms with van der Waals surface area (Å²) in [6.07, 6.45) is 4.45. The summed E-state index contributed by atoms with van der Waals surface area (Å²) in [4.78, 5) is 4.18. The molecule has 2 N–H and O–H groups in total. The highest BCUT2D eigenvalue weighted by Crippen LogP contribution is 1.98. The number of nitrogens with one attached hydrogen (secondary N) is 2. The van der Waals surface area contributed by atoms with Gasteiger partial charge in [-0.05, 0) is 25.2 Å². The van der Waals surface area contributed by atoms with Gasteiger partial charge in [0.25, 0.3) is 0 Å². The zero-order valence-electron chi connectivity index (χ0n) is 14.8. The number of hydrogen-bond acceptors (Lipinski definition) is 3. The molecule has 5 nitrogen and oxygen atoms in total. The van der Waals surface area contributed by atoms with Gasteiger partial charge in [-0.15, -0.1) is 24.0 Å². The number of guanidine groups is 1. The van der Waals surface area contributed by atoms with Crippen molar-refractivity contribution in [3.63, 3.8) is 0 Å². The van der Waals surface area contributed by atoms with Crippen LogP contribution in [-0.4, -0.2) is 52.5 Å². The maximum atomic E-state index is 5.55. The van der Waals surface area contributed by atoms with Crippen molar-refractivity contribution in [1.29, 1.82) is 0 Å². The fraction of sp³-hybridized carbons (Fsp3) is 0.938. The first-order chi connectivity index (χ1) is 10.2. The second kappa shape index (κ2) is 19.0. The summed E-state index contributed by atoms with van der Waals surface area (Å²) < 4.78 is 11.1. The average Bonchev–Trinajstić information content (AvgIpc) is 2.47. The van der Waals surface area contributed by atoms with Crippen molar-refractivity contribution in [2.45, 2.75) is 46.5 Å². The lowest BCUT2D eigenvalue weighted by Gasteiger charge is -2.12. The summed E-state index contributed by atoms with van der Waals surface area (Å²) >= 11 is 0. The normalized spacial score (nSPS) is 11.4. The highest BCUT2D eigenvalue weighted by atomic mass is 127. The Morgan fingerprint density at radius 2 is 1.59 bits per heavy atom. The van der Waals surface area contributed by atoms with E-state index in [0.29, 0.717) is 12.5 Å². The molecule has 0 aromatic rings. The minimum absolute atomic E-state index is 0. The first-order valence-electron chi connectivity index (χ1n) is 8.30. The van der Waals surface area contributed by atoms with Gasteiger partial charge in [0.1, 0.15) is 0 Å². The van der Waals surface area contributed by atoms with E-state index in [9.17, 15) is 0 Å². The monoisotopic (exact) mass is 429 g/mol. The Kier molecular flexibility index (Phi) is 20.8. The highest BCUT2D eigenvalue weighted by molar-refractivity contribution is 14.0. The molecule has 0 aliphatic carbocycles. The number of rotatable bonds is 13. The zero-order valence-corrected chi connectivity index (χ0v) is 17.2. The second-order valence-electron chi connectivity index (χ2n) is 5.54. The summed E-state index contributed by atoms with van der Waals surface area (Å²) in [7, 11) is 1.78. The van der Waals surface area contributed by atoms with E-state index in [2.05, 4.69) is 36.4 Å². The Morgan fingerprint density at radius 1 is 0.955 bits per heavy atom. The molecule has 0 saturated carbocycles. The number of nitrogens with zero attached hydrogens (tertiary/aromatic N) is 1. The molecule has 0 spiro atoms. The van der Waals surface area contributed by atoms with Gasteiger partial charge in [0, 0.05) is 40.0 Å². The van der Waals surface area contributed by atoms with Crippen molar-refractivity contribution in [1.82, 2.24) is 10.6 Å². The van der Waals surface area contributed by atoms with Gasteiger partial charge in [-0.3, -0.25) is 4.99 Å². The van der Waals surface area contributed by atoms with E-state index in [4.69, 9.17) is 9.47 Å². The molecule has 0 atom stereocenters. The number of halogens is 1. The molecule has 0 amide bonds. The predicted octanol–water partition coefficient (Wildman–Crippen LogP) is 3.04. The number of aliphatic imine (C=N–C) groups is 1. The van der Waals surface area contributed by atoms with Crippen LogP contribution in [0.5, 0.6) is 0 Å². The van der Waals surface area contributed by atoms with Crippen LogP contribution in [0.15, 0.2) is 4.99 Å². The van der Waals surface area contributed by atoms with Crippen LogP contribution in [0.2, 0.25) is 0 Å². The van der Waals surface area contributed by atoms with Crippen LogP contribution in [0.4, 0.5) is 0 Å². The molecule has 0 aliphatic rings. The number of hydrogen-bond donors (Lipinski definition) is 2. The predicted molar refractivity (Wildman–Crippen MR) is 105 cm³/mol. The van der Waals surface area contributed by atoms with Crippen LogP contribution in [-0.2, 0) is 9.47 Å². The van der Waals surface area contributed by atoms with Crippen molar-refractivity contribution in [2.24, 2.45) is 10.9 Å². The lowest BCUT2D eigenvalue weighted by molar-refractivity contribution is 0.127. The summed E-state index contributed by atoms with van der Waals surface area (Å²) in [5, 5.41) is 6.51. The third kappa shape index (κ3) is 18.0. The van der Waals surface area contributed by atoms with Crippen LogP contribution in [0, 0.1) is 5.92 Å². The third-order valence-corrected chi connectivity index (χ3v) is 3.00. The largest absolute Gasteiger partial charge is 0.381 e. The lowest BCUT2D eigenvalue weighted by atomic mass is 10.1. The van der Waals surface area contributed by atoms with Gasteiger partial charge >= 0.3 is 0 Å². The molecule has 0 rings (SSSR count). The molecule has 6 heteroatoms. The van der Waals surface area contributed by atoms with Gasteiger partial charge in [-0.2, -0.15) is 0 Å². The summed E-state index contributed by atoms with van der Waals surface area (Å²) in [5.41, 5.74) is 0. The quantitative estimate of drug-likeness (QED) is 0.205. The molecule has 0 aromatic carbocycles. The zero-order chi connectivity index (χ0) is 15.8. The first-order valence-corrected chi connectivity index (χ1v) is 8.30. The Morgan fingerprint density at radius 3 is 2.23 bits per heavy atom. The lowest BCUT2D eigenvalue weighted by Crippen LogP contribution is -2.39. The van der Waals surface area contributed by atoms with E-state index in [1.807, 2.05) is 0 Å². The van der Waals surface area contributed by atoms with Crippen molar-refractivity contribution in [3.05, 3.63) is 0 Å². The van der Waals surface area contributed by atoms with Crippen LogP contribution < -0.4 is 10.6 Å². The third-order valence-electron chi connectivity index (χ3n) is 3.00. The molecule has 0 unspecified atom stereocenters. The molecular formula is C16H36IN3O2. The van der Waals surface area contributed by atoms with E-state index in [-0.39, 0.29) is 24.0 Å². The summed E-state index contributed by atoms with van der Waals surface area (Å²) in [5.74, 6) is 1.53. The van der Waals surface area contributed by atoms with Crippen molar-refractivity contribution in [3.8, 4) is 0 Å². The molecule has 22 heavy (non-hydrogen) atoms. The van der Waals surface area contributed by atoms with Crippen molar-refractivity contribution < 1.29 is 9.47 Å². The Hall–Kier alpha value is -0.0800. The smallest absolute Gasteiger partial charge is 0.191 e. The van der Waals surface area contributed by atoms with E-state index in [0.717, 1.165) is 58.1 Å². The minimum Gasteiger partial charge on any atom is -0.381 e. The van der Waals surface area contributed by atoms with E-state index in [1.165, 1.54) is 6.42 Å². The molecule has 0 fully saturated rings. The molecule has 134 valence electrons. The first kappa shape index (κ1) is 24.2. The van der Waals surface area contributed by atoms with Gasteiger partial charge < -0.3 is 20.1 Å². The molecule has 0 saturated heterocycles. The van der Waals surface area contributed by atoms with Crippen LogP contribution >= 0.6 is 24.0 Å². The maximum Gasteiger partial charge on any atom is 0.191 e. The second-order valence-corrected chi connectivity index (χ2v) is 5.54. The van der Waals surface area contributed by atoms with Crippen LogP contribution in [0.1, 0.15) is 46.5 Å². The standard InChI is InChI=1S/C16H35N3O2.HI/c1-5-6-11-20-12-7-9-18-16(17-4)19-10-14-21-13-8-15(2)3;/h15H,5-14H2,1-4H3,(H2,17,18,19);1H. The highest BCUT2D eigenvalue weighted by Gasteiger charge is 1.97. The van der Waals surface area contributed by atoms with E-state index in [1.54, 1.807) is 7.05 Å². The fourth-order valence-corrected chi connectivity index (χ4v) is 1.61. The van der Waals surface area contributed by atoms with Gasteiger partial charge in [-0.1, -0.05) is 27.2 Å². The number of ether oxygens (including phenoxy) is 2. The summed E-state index contributed by atoms with van der Waals surface area (Å²) in [6.45, 7) is 11.5. The summed E-state index contributed by atoms with van der Waals surface area (Å²) in [6, 6.07) is 0. The van der Waals surface area contributed by atoms with Crippen LogP contribution in [0.3, 0.4) is 0 Å². The molecule has 0 heterocycles. The fourth-order valence-electron chi connectivity index (χ4n) is 1.61. The Bertz CT molecular complexity index is 252. The van der Waals surface area contributed by atoms with Crippen molar-refractivity contribution >= 4 is 29.9 Å². The molecule has 0 aromatic heterocycles. The van der Waals surface area contributed by atoms with Crippen molar-refractivity contribution in [2.75, 3.05) is 46.6 Å². The SMILES string of the molecule is CCCCOCCCNC(=NC)NCCOCCC(C)C.I. The topological polar surface area (TPSA) is 54.9 Å². The Labute approximate surface area is 154 Å². The van der Waals surface area contributed by atoms with Gasteiger partial charge in [0.2, 0.25) is 0 Å². The number of unbranched alkanes of at least 4 members (excludes halogenated alkanes) is 1. The average molecular weight is 429 g/mol. The van der Waals surface area contributed by atoms with Gasteiger partial charge in [-0.25, -0.2) is 0 Å².